The van der Waals surface area contributed by atoms with Gasteiger partial charge in [0.25, 0.3) is 5.89 Å². The highest BCUT2D eigenvalue weighted by Crippen LogP contribution is 2.13. The van der Waals surface area contributed by atoms with Gasteiger partial charge in [0.15, 0.2) is 0 Å². The summed E-state index contributed by atoms with van der Waals surface area (Å²) >= 11 is 0. The fourth-order valence-corrected chi connectivity index (χ4v) is 1.04. The van der Waals surface area contributed by atoms with Crippen molar-refractivity contribution in [3.63, 3.8) is 0 Å². The van der Waals surface area contributed by atoms with Crippen molar-refractivity contribution in [1.29, 1.82) is 0 Å². The fourth-order valence-electron chi connectivity index (χ4n) is 1.04. The van der Waals surface area contributed by atoms with Crippen molar-refractivity contribution in [2.75, 3.05) is 0 Å². The van der Waals surface area contributed by atoms with Crippen LogP contribution < -0.4 is 0 Å². The monoisotopic (exact) mass is 189 g/mol. The zero-order valence-corrected chi connectivity index (χ0v) is 7.16. The van der Waals surface area contributed by atoms with Gasteiger partial charge in [-0.3, -0.25) is 0 Å². The molecule has 70 valence electrons. The van der Waals surface area contributed by atoms with Crippen molar-refractivity contribution < 1.29 is 9.73 Å². The molecule has 1 N–H and O–H groups in total. The fraction of sp³-hybridized carbons (Fsp3) is 0. The highest BCUT2D eigenvalue weighted by atomic mass is 16.5. The van der Waals surface area contributed by atoms with Gasteiger partial charge in [-0.25, -0.2) is 0 Å². The Kier molecular flexibility index (Phi) is 2.22. The van der Waals surface area contributed by atoms with Crippen LogP contribution in [0.2, 0.25) is 0 Å². The van der Waals surface area contributed by atoms with Gasteiger partial charge < -0.3 is 9.73 Å². The molecule has 0 bridgehead atoms. The van der Waals surface area contributed by atoms with Gasteiger partial charge in [-0.1, -0.05) is 40.6 Å². The molecule has 0 aliphatic rings. The van der Waals surface area contributed by atoms with Crippen molar-refractivity contribution in [2.24, 2.45) is 5.16 Å². The van der Waals surface area contributed by atoms with Crippen molar-refractivity contribution in [3.8, 4) is 11.4 Å². The number of aromatic nitrogens is 2. The second-order valence-electron chi connectivity index (χ2n) is 2.57. The molecule has 1 aromatic carbocycles. The van der Waals surface area contributed by atoms with Gasteiger partial charge in [0.2, 0.25) is 5.82 Å². The normalized spacial score (nSPS) is 10.9. The van der Waals surface area contributed by atoms with E-state index in [-0.39, 0.29) is 5.89 Å². The summed E-state index contributed by atoms with van der Waals surface area (Å²) < 4.78 is 4.79. The van der Waals surface area contributed by atoms with Gasteiger partial charge in [-0.15, -0.1) is 0 Å². The van der Waals surface area contributed by atoms with Crippen LogP contribution in [-0.2, 0) is 0 Å². The van der Waals surface area contributed by atoms with Crippen LogP contribution in [-0.4, -0.2) is 21.6 Å². The lowest BCUT2D eigenvalue weighted by atomic mass is 10.2. The Hall–Kier alpha value is -2.17. The SMILES string of the molecule is O/N=C/c1nc(-c2ccccc2)no1. The Labute approximate surface area is 79.7 Å². The Morgan fingerprint density at radius 1 is 1.29 bits per heavy atom. The molecular weight excluding hydrogens is 182 g/mol. The first-order chi connectivity index (χ1) is 6.90. The third-order valence-electron chi connectivity index (χ3n) is 1.64. The van der Waals surface area contributed by atoms with Gasteiger partial charge in [0, 0.05) is 5.56 Å². The molecule has 14 heavy (non-hydrogen) atoms. The number of oxime groups is 1. The largest absolute Gasteiger partial charge is 0.411 e. The van der Waals surface area contributed by atoms with Crippen LogP contribution in [0.15, 0.2) is 40.0 Å². The molecule has 0 spiro atoms. The molecule has 5 nitrogen and oxygen atoms in total. The molecule has 1 heterocycles. The topological polar surface area (TPSA) is 71.5 Å². The van der Waals surface area contributed by atoms with E-state index in [2.05, 4.69) is 15.3 Å². The summed E-state index contributed by atoms with van der Waals surface area (Å²) in [6.07, 6.45) is 1.08. The van der Waals surface area contributed by atoms with Crippen LogP contribution in [0.3, 0.4) is 0 Å². The van der Waals surface area contributed by atoms with Crippen LogP contribution in [0.5, 0.6) is 0 Å². The average molecular weight is 189 g/mol. The lowest BCUT2D eigenvalue weighted by Gasteiger charge is -1.89. The number of rotatable bonds is 2. The van der Waals surface area contributed by atoms with Gasteiger partial charge in [0.1, 0.15) is 6.21 Å². The molecule has 0 aliphatic carbocycles. The first-order valence-corrected chi connectivity index (χ1v) is 3.97. The first-order valence-electron chi connectivity index (χ1n) is 3.97. The number of nitrogens with zero attached hydrogens (tertiary/aromatic N) is 3. The minimum absolute atomic E-state index is 0.173. The van der Waals surface area contributed by atoms with E-state index in [4.69, 9.17) is 9.73 Å². The van der Waals surface area contributed by atoms with E-state index in [1.54, 1.807) is 0 Å². The molecule has 0 amide bonds. The molecule has 0 fully saturated rings. The van der Waals surface area contributed by atoms with Crippen molar-refractivity contribution in [3.05, 3.63) is 36.2 Å². The Balaban J connectivity index is 2.34. The van der Waals surface area contributed by atoms with Crippen molar-refractivity contribution in [1.82, 2.24) is 10.1 Å². The van der Waals surface area contributed by atoms with Crippen molar-refractivity contribution in [2.45, 2.75) is 0 Å². The predicted molar refractivity (Wildman–Crippen MR) is 49.1 cm³/mol. The Morgan fingerprint density at radius 2 is 2.07 bits per heavy atom. The van der Waals surface area contributed by atoms with E-state index in [0.717, 1.165) is 11.8 Å². The predicted octanol–water partition coefficient (Wildman–Crippen LogP) is 1.54. The molecular formula is C9H7N3O2. The summed E-state index contributed by atoms with van der Waals surface area (Å²) in [6.45, 7) is 0. The lowest BCUT2D eigenvalue weighted by Crippen LogP contribution is -1.81. The molecule has 0 saturated carbocycles. The van der Waals surface area contributed by atoms with E-state index < -0.39 is 0 Å². The number of hydrogen-bond donors (Lipinski definition) is 1. The zero-order chi connectivity index (χ0) is 9.80. The van der Waals surface area contributed by atoms with E-state index in [1.807, 2.05) is 30.3 Å². The number of hydrogen-bond acceptors (Lipinski definition) is 5. The standard InChI is InChI=1S/C9H7N3O2/c13-10-6-8-11-9(12-14-8)7-4-2-1-3-5-7/h1-6,13H/b10-6+. The van der Waals surface area contributed by atoms with Crippen molar-refractivity contribution >= 4 is 6.21 Å². The smallest absolute Gasteiger partial charge is 0.272 e. The molecule has 5 heteroatoms. The quantitative estimate of drug-likeness (QED) is 0.442. The van der Waals surface area contributed by atoms with E-state index >= 15 is 0 Å². The van der Waals surface area contributed by atoms with E-state index in [1.165, 1.54) is 0 Å². The van der Waals surface area contributed by atoms with Gasteiger partial charge in [0.05, 0.1) is 0 Å². The molecule has 1 aromatic heterocycles. The second-order valence-corrected chi connectivity index (χ2v) is 2.57. The summed E-state index contributed by atoms with van der Waals surface area (Å²) in [5, 5.41) is 14.7. The van der Waals surface area contributed by atoms with E-state index in [9.17, 15) is 0 Å². The minimum atomic E-state index is 0.173. The number of benzene rings is 1. The molecule has 0 atom stereocenters. The summed E-state index contributed by atoms with van der Waals surface area (Å²) in [5.41, 5.74) is 0.855. The summed E-state index contributed by atoms with van der Waals surface area (Å²) in [4.78, 5) is 3.98. The third-order valence-corrected chi connectivity index (χ3v) is 1.64. The Morgan fingerprint density at radius 3 is 2.79 bits per heavy atom. The highest BCUT2D eigenvalue weighted by Gasteiger charge is 2.05. The summed E-state index contributed by atoms with van der Waals surface area (Å²) in [5.74, 6) is 0.645. The second kappa shape index (κ2) is 3.69. The highest BCUT2D eigenvalue weighted by molar-refractivity contribution is 5.73. The summed E-state index contributed by atoms with van der Waals surface area (Å²) in [6, 6.07) is 9.39. The summed E-state index contributed by atoms with van der Waals surface area (Å²) in [7, 11) is 0. The first kappa shape index (κ1) is 8.43. The molecule has 2 aromatic rings. The van der Waals surface area contributed by atoms with Crippen LogP contribution in [0, 0.1) is 0 Å². The molecule has 0 unspecified atom stereocenters. The van der Waals surface area contributed by atoms with Gasteiger partial charge >= 0.3 is 0 Å². The van der Waals surface area contributed by atoms with Crippen LogP contribution >= 0.6 is 0 Å². The molecule has 0 aliphatic heterocycles. The maximum absolute atomic E-state index is 8.24. The van der Waals surface area contributed by atoms with Gasteiger partial charge in [-0.2, -0.15) is 4.98 Å². The Bertz CT molecular complexity index is 436. The van der Waals surface area contributed by atoms with Gasteiger partial charge in [-0.05, 0) is 0 Å². The zero-order valence-electron chi connectivity index (χ0n) is 7.16. The third kappa shape index (κ3) is 1.61. The maximum atomic E-state index is 8.24. The van der Waals surface area contributed by atoms with Crippen LogP contribution in [0.25, 0.3) is 11.4 Å². The minimum Gasteiger partial charge on any atom is -0.411 e. The maximum Gasteiger partial charge on any atom is 0.272 e. The molecule has 0 saturated heterocycles. The van der Waals surface area contributed by atoms with Crippen LogP contribution in [0.4, 0.5) is 0 Å². The molecule has 0 radical (unpaired) electrons. The van der Waals surface area contributed by atoms with Crippen LogP contribution in [0.1, 0.15) is 5.89 Å². The van der Waals surface area contributed by atoms with E-state index in [0.29, 0.717) is 5.82 Å². The average Bonchev–Trinajstić information content (AvgIpc) is 2.68. The molecule has 2 rings (SSSR count). The lowest BCUT2D eigenvalue weighted by molar-refractivity contribution is 0.319.